The van der Waals surface area contributed by atoms with Gasteiger partial charge in [0.1, 0.15) is 0 Å². The van der Waals surface area contributed by atoms with Crippen LogP contribution in [-0.2, 0) is 4.57 Å². The van der Waals surface area contributed by atoms with Gasteiger partial charge in [0.25, 0.3) is 0 Å². The first-order valence-electron chi connectivity index (χ1n) is 2.16. The minimum atomic E-state index is -2.45. The third kappa shape index (κ3) is 2.29. The molecule has 48 valence electrons. The van der Waals surface area contributed by atoms with Gasteiger partial charge in [-0.1, -0.05) is 0 Å². The summed E-state index contributed by atoms with van der Waals surface area (Å²) in [6.45, 7) is 0. The Morgan fingerprint density at radius 3 is 3.00 bits per heavy atom. The van der Waals surface area contributed by atoms with E-state index in [1.54, 1.807) is 6.07 Å². The second-order valence-electron chi connectivity index (χ2n) is 1.26. The molecule has 0 amide bonds. The van der Waals surface area contributed by atoms with Crippen molar-refractivity contribution in [1.29, 1.82) is 0 Å². The third-order valence-electron chi connectivity index (χ3n) is 0.663. The summed E-state index contributed by atoms with van der Waals surface area (Å²) in [6.07, 6.45) is 0. The number of hydrogen-bond donors (Lipinski definition) is 1. The predicted molar refractivity (Wildman–Crippen MR) is 33.8 cm³/mol. The Morgan fingerprint density at radius 1 is 1.78 bits per heavy atom. The molecule has 1 atom stereocenters. The Hall–Kier alpha value is -0.141. The van der Waals surface area contributed by atoms with Crippen molar-refractivity contribution in [3.8, 4) is 4.62 Å². The van der Waals surface area contributed by atoms with Crippen LogP contribution in [0, 0.1) is 0 Å². The van der Waals surface area contributed by atoms with Crippen molar-refractivity contribution in [2.45, 2.75) is 0 Å². The van der Waals surface area contributed by atoms with Crippen LogP contribution in [0.4, 0.5) is 0 Å². The van der Waals surface area contributed by atoms with E-state index in [1.807, 2.05) is 11.0 Å². The van der Waals surface area contributed by atoms with Crippen molar-refractivity contribution in [3.05, 3.63) is 17.1 Å². The standard InChI is InChI=1S/C4H3O3PSe/c5-8(6)7-4-2-1-3-9-4/h1-3H/p+1. The Balaban J connectivity index is 2.58. The van der Waals surface area contributed by atoms with Crippen molar-refractivity contribution < 1.29 is 14.0 Å². The van der Waals surface area contributed by atoms with E-state index < -0.39 is 8.25 Å². The van der Waals surface area contributed by atoms with Gasteiger partial charge in [-0.25, -0.2) is 0 Å². The summed E-state index contributed by atoms with van der Waals surface area (Å²) in [6, 6.07) is 3.51. The number of rotatable bonds is 2. The molecule has 1 rings (SSSR count). The molecular formula is C4H4O3PSe+. The summed E-state index contributed by atoms with van der Waals surface area (Å²) in [5.41, 5.74) is 0. The van der Waals surface area contributed by atoms with Crippen molar-refractivity contribution in [1.82, 2.24) is 0 Å². The quantitative estimate of drug-likeness (QED) is 0.579. The van der Waals surface area contributed by atoms with Crippen molar-refractivity contribution >= 4 is 22.8 Å². The second kappa shape index (κ2) is 3.14. The molecule has 0 saturated heterocycles. The molecule has 0 aliphatic carbocycles. The van der Waals surface area contributed by atoms with E-state index in [9.17, 15) is 4.57 Å². The first-order chi connectivity index (χ1) is 4.29. The van der Waals surface area contributed by atoms with Gasteiger partial charge in [-0.05, 0) is 0 Å². The molecule has 0 aromatic carbocycles. The fourth-order valence-electron chi connectivity index (χ4n) is 0.392. The van der Waals surface area contributed by atoms with Crippen LogP contribution in [0.15, 0.2) is 17.1 Å². The molecule has 1 unspecified atom stereocenters. The molecule has 1 aromatic rings. The second-order valence-corrected chi connectivity index (χ2v) is 3.83. The van der Waals surface area contributed by atoms with E-state index in [-0.39, 0.29) is 14.5 Å². The minimum absolute atomic E-state index is 0.133. The van der Waals surface area contributed by atoms with Gasteiger partial charge in [0, 0.05) is 0 Å². The van der Waals surface area contributed by atoms with Crippen LogP contribution in [0.2, 0.25) is 0 Å². The molecule has 1 heterocycles. The average Bonchev–Trinajstić information content (AvgIpc) is 2.15. The summed E-state index contributed by atoms with van der Waals surface area (Å²) < 4.78 is 15.1. The van der Waals surface area contributed by atoms with Gasteiger partial charge in [-0.15, -0.1) is 0 Å². The monoisotopic (exact) mass is 211 g/mol. The molecule has 1 aromatic heterocycles. The Bertz CT molecular complexity index is 196. The summed E-state index contributed by atoms with van der Waals surface area (Å²) in [7, 11) is -2.45. The van der Waals surface area contributed by atoms with E-state index in [0.29, 0.717) is 4.62 Å². The molecule has 0 bridgehead atoms. The molecule has 9 heavy (non-hydrogen) atoms. The van der Waals surface area contributed by atoms with Crippen molar-refractivity contribution in [2.75, 3.05) is 0 Å². The fraction of sp³-hybridized carbons (Fsp3) is 0. The summed E-state index contributed by atoms with van der Waals surface area (Å²) >= 11 is 0.133. The van der Waals surface area contributed by atoms with Crippen LogP contribution < -0.4 is 4.52 Å². The molecular weight excluding hydrogens is 206 g/mol. The first-order valence-corrected chi connectivity index (χ1v) is 5.14. The van der Waals surface area contributed by atoms with Gasteiger partial charge in [0.2, 0.25) is 0 Å². The Kier molecular flexibility index (Phi) is 2.43. The van der Waals surface area contributed by atoms with Crippen LogP contribution in [0.3, 0.4) is 0 Å². The van der Waals surface area contributed by atoms with E-state index in [1.165, 1.54) is 0 Å². The van der Waals surface area contributed by atoms with Gasteiger partial charge >= 0.3 is 58.4 Å². The molecule has 0 radical (unpaired) electrons. The predicted octanol–water partition coefficient (Wildman–Crippen LogP) is 0.772. The van der Waals surface area contributed by atoms with E-state index in [0.717, 1.165) is 0 Å². The fourth-order valence-corrected chi connectivity index (χ4v) is 2.26. The Labute approximate surface area is 59.0 Å². The maximum absolute atomic E-state index is 10.0. The molecule has 3 nitrogen and oxygen atoms in total. The van der Waals surface area contributed by atoms with E-state index in [2.05, 4.69) is 4.52 Å². The van der Waals surface area contributed by atoms with E-state index in [4.69, 9.17) is 4.89 Å². The van der Waals surface area contributed by atoms with Crippen LogP contribution >= 0.6 is 8.25 Å². The molecule has 5 heteroatoms. The summed E-state index contributed by atoms with van der Waals surface area (Å²) in [5.74, 6) is 0. The zero-order chi connectivity index (χ0) is 6.69. The summed E-state index contributed by atoms with van der Waals surface area (Å²) in [5, 5.41) is 0. The third-order valence-corrected chi connectivity index (χ3v) is 2.86. The number of hydrogen-bond acceptors (Lipinski definition) is 2. The Morgan fingerprint density at radius 2 is 2.56 bits per heavy atom. The zero-order valence-electron chi connectivity index (χ0n) is 4.35. The summed E-state index contributed by atoms with van der Waals surface area (Å²) in [4.78, 5) is 10.2. The topological polar surface area (TPSA) is 46.5 Å². The van der Waals surface area contributed by atoms with Crippen molar-refractivity contribution in [2.24, 2.45) is 0 Å². The normalized spacial score (nSPS) is 11.0. The van der Waals surface area contributed by atoms with Crippen LogP contribution in [0.1, 0.15) is 0 Å². The van der Waals surface area contributed by atoms with Gasteiger partial charge in [0.05, 0.1) is 0 Å². The van der Waals surface area contributed by atoms with Gasteiger partial charge in [0.15, 0.2) is 0 Å². The zero-order valence-corrected chi connectivity index (χ0v) is 6.96. The maximum atomic E-state index is 10.0. The average molecular weight is 210 g/mol. The van der Waals surface area contributed by atoms with E-state index >= 15 is 0 Å². The molecule has 0 aliphatic rings. The van der Waals surface area contributed by atoms with Crippen molar-refractivity contribution in [3.63, 3.8) is 0 Å². The van der Waals surface area contributed by atoms with Gasteiger partial charge in [-0.3, -0.25) is 0 Å². The molecule has 0 spiro atoms. The van der Waals surface area contributed by atoms with Gasteiger partial charge < -0.3 is 0 Å². The molecule has 0 saturated carbocycles. The SMILES string of the molecule is O=[P+](O)Oc1ccc[se]1. The van der Waals surface area contributed by atoms with Gasteiger partial charge in [-0.2, -0.15) is 0 Å². The first kappa shape index (κ1) is 6.97. The molecule has 0 aliphatic heterocycles. The van der Waals surface area contributed by atoms with Crippen LogP contribution in [0.5, 0.6) is 4.62 Å². The van der Waals surface area contributed by atoms with Crippen LogP contribution in [0.25, 0.3) is 0 Å². The molecule has 0 fully saturated rings. The molecule has 1 N–H and O–H groups in total. The van der Waals surface area contributed by atoms with Crippen LogP contribution in [-0.4, -0.2) is 19.4 Å².